The Morgan fingerprint density at radius 2 is 1.84 bits per heavy atom. The predicted octanol–water partition coefficient (Wildman–Crippen LogP) is 2.90. The first-order valence-corrected chi connectivity index (χ1v) is 10.0. The molecule has 1 fully saturated rings. The third kappa shape index (κ3) is 3.96. The molecule has 0 saturated heterocycles. The van der Waals surface area contributed by atoms with Crippen LogP contribution in [0.15, 0.2) is 40.8 Å². The van der Waals surface area contributed by atoms with Crippen LogP contribution in [0.4, 0.5) is 0 Å². The van der Waals surface area contributed by atoms with Crippen LogP contribution in [-0.4, -0.2) is 37.4 Å². The van der Waals surface area contributed by atoms with Gasteiger partial charge >= 0.3 is 5.97 Å². The van der Waals surface area contributed by atoms with Crippen molar-refractivity contribution in [2.24, 2.45) is 11.8 Å². The van der Waals surface area contributed by atoms with Crippen LogP contribution in [0.1, 0.15) is 32.8 Å². The van der Waals surface area contributed by atoms with Gasteiger partial charge in [0.2, 0.25) is 10.0 Å². The van der Waals surface area contributed by atoms with Crippen molar-refractivity contribution in [2.75, 3.05) is 13.1 Å². The van der Waals surface area contributed by atoms with Gasteiger partial charge < -0.3 is 4.74 Å². The van der Waals surface area contributed by atoms with Gasteiger partial charge in [-0.05, 0) is 52.2 Å². The molecule has 1 saturated carbocycles. The number of hydrogen-bond donors (Lipinski definition) is 0. The van der Waals surface area contributed by atoms with Crippen molar-refractivity contribution in [3.05, 3.63) is 41.5 Å². The highest BCUT2D eigenvalue weighted by Crippen LogP contribution is 2.47. The van der Waals surface area contributed by atoms with Gasteiger partial charge in [0.05, 0.1) is 10.8 Å². The zero-order chi connectivity index (χ0) is 18.4. The fraction of sp³-hybridized carbons (Fsp3) is 0.526. The molecule has 2 atom stereocenters. The number of rotatable bonds is 4. The Labute approximate surface area is 149 Å². The van der Waals surface area contributed by atoms with Gasteiger partial charge in [-0.25, -0.2) is 8.42 Å². The lowest BCUT2D eigenvalue weighted by molar-refractivity contribution is -0.156. The zero-order valence-corrected chi connectivity index (χ0v) is 16.0. The quantitative estimate of drug-likeness (QED) is 0.609. The van der Waals surface area contributed by atoms with Crippen molar-refractivity contribution in [2.45, 2.75) is 44.6 Å². The SMILES string of the molecule is Cc1ccc(S(=O)(=O)N2CC=C([C@H]3C[C@H]3C(=O)OC(C)(C)C)C2)cc1. The lowest BCUT2D eigenvalue weighted by Crippen LogP contribution is -2.29. The number of carbonyl (C=O) groups is 1. The highest BCUT2D eigenvalue weighted by Gasteiger charge is 2.48. The summed E-state index contributed by atoms with van der Waals surface area (Å²) >= 11 is 0. The lowest BCUT2D eigenvalue weighted by atomic mass is 10.1. The van der Waals surface area contributed by atoms with E-state index in [1.54, 1.807) is 24.3 Å². The molecule has 1 aliphatic heterocycles. The highest BCUT2D eigenvalue weighted by molar-refractivity contribution is 7.89. The van der Waals surface area contributed by atoms with Crippen molar-refractivity contribution >= 4 is 16.0 Å². The van der Waals surface area contributed by atoms with Crippen LogP contribution in [0.5, 0.6) is 0 Å². The first-order chi connectivity index (χ1) is 11.6. The second-order valence-corrected chi connectivity index (χ2v) is 9.81. The molecule has 0 unspecified atom stereocenters. The fourth-order valence-corrected chi connectivity index (χ4v) is 4.47. The Hall–Kier alpha value is -1.66. The summed E-state index contributed by atoms with van der Waals surface area (Å²) in [5.41, 5.74) is 1.57. The normalized spacial score (nSPS) is 24.1. The van der Waals surface area contributed by atoms with Gasteiger partial charge in [0.25, 0.3) is 0 Å². The topological polar surface area (TPSA) is 63.7 Å². The molecular weight excluding hydrogens is 338 g/mol. The first kappa shape index (κ1) is 18.1. The Balaban J connectivity index is 1.63. The third-order valence-corrected chi connectivity index (χ3v) is 6.38. The predicted molar refractivity (Wildman–Crippen MR) is 95.5 cm³/mol. The minimum atomic E-state index is -3.50. The van der Waals surface area contributed by atoms with E-state index in [0.717, 1.165) is 17.6 Å². The summed E-state index contributed by atoms with van der Waals surface area (Å²) in [6, 6.07) is 6.89. The largest absolute Gasteiger partial charge is 0.460 e. The average Bonchev–Trinajstić information content (AvgIpc) is 3.15. The van der Waals surface area contributed by atoms with Gasteiger partial charge in [-0.1, -0.05) is 29.3 Å². The maximum atomic E-state index is 12.7. The Morgan fingerprint density at radius 3 is 2.44 bits per heavy atom. The zero-order valence-electron chi connectivity index (χ0n) is 15.2. The molecule has 0 spiro atoms. The molecule has 1 aromatic carbocycles. The number of carbonyl (C=O) groups excluding carboxylic acids is 1. The van der Waals surface area contributed by atoms with Gasteiger partial charge in [0, 0.05) is 13.1 Å². The van der Waals surface area contributed by atoms with Gasteiger partial charge in [0.1, 0.15) is 5.60 Å². The maximum Gasteiger partial charge on any atom is 0.310 e. The van der Waals surface area contributed by atoms with Crippen molar-refractivity contribution in [1.82, 2.24) is 4.31 Å². The second-order valence-electron chi connectivity index (χ2n) is 7.87. The van der Waals surface area contributed by atoms with Crippen LogP contribution in [-0.2, 0) is 19.6 Å². The van der Waals surface area contributed by atoms with E-state index in [-0.39, 0.29) is 17.8 Å². The molecule has 136 valence electrons. The van der Waals surface area contributed by atoms with Crippen LogP contribution in [0.25, 0.3) is 0 Å². The molecule has 0 amide bonds. The minimum Gasteiger partial charge on any atom is -0.460 e. The van der Waals surface area contributed by atoms with Crippen LogP contribution in [0.2, 0.25) is 0 Å². The van der Waals surface area contributed by atoms with Crippen molar-refractivity contribution < 1.29 is 17.9 Å². The Bertz CT molecular complexity index is 803. The second kappa shape index (κ2) is 6.25. The lowest BCUT2D eigenvalue weighted by Gasteiger charge is -2.19. The fourth-order valence-electron chi connectivity index (χ4n) is 3.11. The average molecular weight is 363 g/mol. The van der Waals surface area contributed by atoms with E-state index in [0.29, 0.717) is 18.0 Å². The Morgan fingerprint density at radius 1 is 1.20 bits per heavy atom. The smallest absolute Gasteiger partial charge is 0.310 e. The first-order valence-electron chi connectivity index (χ1n) is 8.56. The van der Waals surface area contributed by atoms with Gasteiger partial charge in [-0.2, -0.15) is 4.31 Å². The monoisotopic (exact) mass is 363 g/mol. The van der Waals surface area contributed by atoms with E-state index in [1.807, 2.05) is 33.8 Å². The van der Waals surface area contributed by atoms with Crippen molar-refractivity contribution in [3.8, 4) is 0 Å². The standard InChI is InChI=1S/C19H25NO4S/c1-13-5-7-15(8-6-13)25(22,23)20-10-9-14(12-20)16-11-17(16)18(21)24-19(2,3)4/h5-9,16-17H,10-12H2,1-4H3/t16-,17-/m1/s1. The van der Waals surface area contributed by atoms with E-state index in [1.165, 1.54) is 4.31 Å². The molecule has 0 N–H and O–H groups in total. The van der Waals surface area contributed by atoms with E-state index in [2.05, 4.69) is 0 Å². The highest BCUT2D eigenvalue weighted by atomic mass is 32.2. The van der Waals surface area contributed by atoms with Crippen LogP contribution in [0, 0.1) is 18.8 Å². The molecule has 25 heavy (non-hydrogen) atoms. The Kier molecular flexibility index (Phi) is 4.54. The molecule has 3 rings (SSSR count). The van der Waals surface area contributed by atoms with E-state index >= 15 is 0 Å². The van der Waals surface area contributed by atoms with Crippen LogP contribution >= 0.6 is 0 Å². The van der Waals surface area contributed by atoms with Crippen LogP contribution < -0.4 is 0 Å². The third-order valence-electron chi connectivity index (χ3n) is 4.55. The summed E-state index contributed by atoms with van der Waals surface area (Å²) in [6.07, 6.45) is 2.69. The van der Waals surface area contributed by atoms with Gasteiger partial charge in [-0.3, -0.25) is 4.79 Å². The van der Waals surface area contributed by atoms with Crippen molar-refractivity contribution in [1.29, 1.82) is 0 Å². The number of aryl methyl sites for hydroxylation is 1. The molecule has 5 nitrogen and oxygen atoms in total. The molecule has 0 bridgehead atoms. The molecule has 1 aromatic rings. The summed E-state index contributed by atoms with van der Waals surface area (Å²) in [5.74, 6) is -0.196. The van der Waals surface area contributed by atoms with Crippen LogP contribution in [0.3, 0.4) is 0 Å². The number of esters is 1. The summed E-state index contributed by atoms with van der Waals surface area (Å²) in [7, 11) is -3.50. The van der Waals surface area contributed by atoms with E-state index < -0.39 is 15.6 Å². The number of sulfonamides is 1. The van der Waals surface area contributed by atoms with Crippen molar-refractivity contribution in [3.63, 3.8) is 0 Å². The van der Waals surface area contributed by atoms with Gasteiger partial charge in [0.15, 0.2) is 0 Å². The minimum absolute atomic E-state index is 0.119. The number of ether oxygens (including phenoxy) is 1. The summed E-state index contributed by atoms with van der Waals surface area (Å²) in [5, 5.41) is 0. The number of nitrogens with zero attached hydrogens (tertiary/aromatic N) is 1. The number of hydrogen-bond acceptors (Lipinski definition) is 4. The molecular formula is C19H25NO4S. The summed E-state index contributed by atoms with van der Waals surface area (Å²) in [6.45, 7) is 8.21. The molecule has 2 aliphatic rings. The molecule has 0 radical (unpaired) electrons. The van der Waals surface area contributed by atoms with E-state index in [4.69, 9.17) is 4.74 Å². The number of benzene rings is 1. The van der Waals surface area contributed by atoms with E-state index in [9.17, 15) is 13.2 Å². The van der Waals surface area contributed by atoms with Gasteiger partial charge in [-0.15, -0.1) is 0 Å². The summed E-state index contributed by atoms with van der Waals surface area (Å²) < 4.78 is 32.4. The summed E-state index contributed by atoms with van der Waals surface area (Å²) in [4.78, 5) is 12.5. The molecule has 6 heteroatoms. The molecule has 0 aromatic heterocycles. The maximum absolute atomic E-state index is 12.7. The molecule has 1 aliphatic carbocycles. The molecule has 1 heterocycles.